The highest BCUT2D eigenvalue weighted by Gasteiger charge is 2.11. The molecule has 0 amide bonds. The molecule has 0 aliphatic heterocycles. The van der Waals surface area contributed by atoms with Gasteiger partial charge in [-0.15, -0.1) is 0 Å². The molecule has 0 aliphatic carbocycles. The molecule has 0 spiro atoms. The van der Waals surface area contributed by atoms with Gasteiger partial charge in [-0.25, -0.2) is 4.39 Å². The van der Waals surface area contributed by atoms with Crippen LogP contribution in [0.15, 0.2) is 22.6 Å². The molecule has 0 bridgehead atoms. The lowest BCUT2D eigenvalue weighted by atomic mass is 10.1. The fourth-order valence-corrected chi connectivity index (χ4v) is 1.29. The van der Waals surface area contributed by atoms with Gasteiger partial charge in [-0.2, -0.15) is 0 Å². The van der Waals surface area contributed by atoms with Crippen molar-refractivity contribution in [3.8, 4) is 0 Å². The Labute approximate surface area is 68.8 Å². The van der Waals surface area contributed by atoms with Gasteiger partial charge in [0.25, 0.3) is 0 Å². The van der Waals surface area contributed by atoms with Gasteiger partial charge in [-0.3, -0.25) is 0 Å². The van der Waals surface area contributed by atoms with Crippen molar-refractivity contribution >= 4 is 16.9 Å². The second-order valence-corrected chi connectivity index (χ2v) is 2.73. The van der Waals surface area contributed by atoms with Gasteiger partial charge in [-0.05, 0) is 18.6 Å². The highest BCUT2D eigenvalue weighted by molar-refractivity contribution is 5.84. The molecule has 1 heterocycles. The summed E-state index contributed by atoms with van der Waals surface area (Å²) in [6.45, 7) is 1.82. The van der Waals surface area contributed by atoms with E-state index < -0.39 is 5.82 Å². The van der Waals surface area contributed by atoms with Crippen LogP contribution in [0.3, 0.4) is 0 Å². The first-order valence-corrected chi connectivity index (χ1v) is 3.63. The van der Waals surface area contributed by atoms with E-state index in [1.807, 2.05) is 13.0 Å². The quantitative estimate of drug-likeness (QED) is 0.651. The summed E-state index contributed by atoms with van der Waals surface area (Å²) >= 11 is 0. The molecule has 0 atom stereocenters. The standard InChI is InChI=1S/C9H8FNO/c1-5-3-2-4-6-7(5)8(10)9(11)12-6/h2-4H,11H2,1H3. The molecule has 62 valence electrons. The Morgan fingerprint density at radius 3 is 2.83 bits per heavy atom. The molecule has 0 radical (unpaired) electrons. The molecule has 3 heteroatoms. The van der Waals surface area contributed by atoms with Crippen LogP contribution in [0.5, 0.6) is 0 Å². The summed E-state index contributed by atoms with van der Waals surface area (Å²) in [6, 6.07) is 5.32. The average molecular weight is 165 g/mol. The number of benzene rings is 1. The number of hydrogen-bond donors (Lipinski definition) is 1. The van der Waals surface area contributed by atoms with Crippen molar-refractivity contribution in [1.29, 1.82) is 0 Å². The van der Waals surface area contributed by atoms with E-state index in [0.29, 0.717) is 11.0 Å². The van der Waals surface area contributed by atoms with E-state index in [4.69, 9.17) is 10.2 Å². The van der Waals surface area contributed by atoms with Crippen LogP contribution in [-0.2, 0) is 0 Å². The zero-order valence-electron chi connectivity index (χ0n) is 6.60. The van der Waals surface area contributed by atoms with Crippen LogP contribution in [0.25, 0.3) is 11.0 Å². The summed E-state index contributed by atoms with van der Waals surface area (Å²) in [6.07, 6.45) is 0. The Morgan fingerprint density at radius 2 is 2.17 bits per heavy atom. The smallest absolute Gasteiger partial charge is 0.227 e. The molecule has 2 N–H and O–H groups in total. The normalized spacial score (nSPS) is 10.8. The van der Waals surface area contributed by atoms with E-state index in [2.05, 4.69) is 0 Å². The average Bonchev–Trinajstić information content (AvgIpc) is 2.29. The second-order valence-electron chi connectivity index (χ2n) is 2.73. The van der Waals surface area contributed by atoms with Gasteiger partial charge < -0.3 is 10.2 Å². The predicted octanol–water partition coefficient (Wildman–Crippen LogP) is 2.46. The molecule has 0 aliphatic rings. The fourth-order valence-electron chi connectivity index (χ4n) is 1.29. The van der Waals surface area contributed by atoms with E-state index in [9.17, 15) is 4.39 Å². The highest BCUT2D eigenvalue weighted by Crippen LogP contribution is 2.28. The molecule has 0 saturated carbocycles. The van der Waals surface area contributed by atoms with Gasteiger partial charge in [-0.1, -0.05) is 12.1 Å². The summed E-state index contributed by atoms with van der Waals surface area (Å²) in [5, 5.41) is 0.481. The molecule has 2 nitrogen and oxygen atoms in total. The Bertz CT molecular complexity index is 433. The zero-order valence-corrected chi connectivity index (χ0v) is 6.60. The van der Waals surface area contributed by atoms with Crippen LogP contribution in [-0.4, -0.2) is 0 Å². The summed E-state index contributed by atoms with van der Waals surface area (Å²) in [5.74, 6) is -0.595. The van der Waals surface area contributed by atoms with Gasteiger partial charge in [0.1, 0.15) is 5.58 Å². The number of halogens is 1. The van der Waals surface area contributed by atoms with E-state index >= 15 is 0 Å². The third-order valence-corrected chi connectivity index (χ3v) is 1.89. The third kappa shape index (κ3) is 0.794. The Morgan fingerprint density at radius 1 is 1.42 bits per heavy atom. The number of nitrogens with two attached hydrogens (primary N) is 1. The van der Waals surface area contributed by atoms with Gasteiger partial charge in [0.05, 0.1) is 5.39 Å². The second kappa shape index (κ2) is 2.24. The highest BCUT2D eigenvalue weighted by atomic mass is 19.1. The molecule has 12 heavy (non-hydrogen) atoms. The lowest BCUT2D eigenvalue weighted by molar-refractivity contribution is 0.579. The first-order chi connectivity index (χ1) is 5.70. The first-order valence-electron chi connectivity index (χ1n) is 3.63. The number of rotatable bonds is 0. The van der Waals surface area contributed by atoms with Crippen LogP contribution in [0.1, 0.15) is 5.56 Å². The van der Waals surface area contributed by atoms with E-state index in [-0.39, 0.29) is 5.88 Å². The monoisotopic (exact) mass is 165 g/mol. The van der Waals surface area contributed by atoms with Gasteiger partial charge in [0, 0.05) is 0 Å². The van der Waals surface area contributed by atoms with Gasteiger partial charge >= 0.3 is 0 Å². The number of hydrogen-bond acceptors (Lipinski definition) is 2. The maximum atomic E-state index is 13.2. The Kier molecular flexibility index (Phi) is 1.33. The van der Waals surface area contributed by atoms with Crippen molar-refractivity contribution < 1.29 is 8.81 Å². The number of fused-ring (bicyclic) bond motifs is 1. The maximum absolute atomic E-state index is 13.2. The molecule has 0 saturated heterocycles. The molecule has 2 rings (SSSR count). The molecular formula is C9H8FNO. The van der Waals surface area contributed by atoms with Crippen molar-refractivity contribution in [3.63, 3.8) is 0 Å². The van der Waals surface area contributed by atoms with Crippen molar-refractivity contribution in [3.05, 3.63) is 29.6 Å². The molecule has 1 aromatic carbocycles. The van der Waals surface area contributed by atoms with E-state index in [1.54, 1.807) is 12.1 Å². The Balaban J connectivity index is 2.97. The molecule has 2 aromatic rings. The van der Waals surface area contributed by atoms with Gasteiger partial charge in [0.2, 0.25) is 5.88 Å². The van der Waals surface area contributed by atoms with Crippen LogP contribution < -0.4 is 5.73 Å². The summed E-state index contributed by atoms with van der Waals surface area (Å²) in [7, 11) is 0. The van der Waals surface area contributed by atoms with Crippen LogP contribution in [0.2, 0.25) is 0 Å². The minimum absolute atomic E-state index is 0.140. The fraction of sp³-hybridized carbons (Fsp3) is 0.111. The van der Waals surface area contributed by atoms with Crippen molar-refractivity contribution in [2.75, 3.05) is 5.73 Å². The number of furan rings is 1. The third-order valence-electron chi connectivity index (χ3n) is 1.89. The van der Waals surface area contributed by atoms with Crippen molar-refractivity contribution in [2.24, 2.45) is 0 Å². The minimum Gasteiger partial charge on any atom is -0.438 e. The zero-order chi connectivity index (χ0) is 8.72. The number of nitrogen functional groups attached to an aromatic ring is 1. The summed E-state index contributed by atoms with van der Waals surface area (Å²) in [5.41, 5.74) is 6.62. The maximum Gasteiger partial charge on any atom is 0.227 e. The van der Waals surface area contributed by atoms with Gasteiger partial charge in [0.15, 0.2) is 5.82 Å². The van der Waals surface area contributed by atoms with E-state index in [1.165, 1.54) is 0 Å². The predicted molar refractivity (Wildman–Crippen MR) is 45.3 cm³/mol. The van der Waals surface area contributed by atoms with E-state index in [0.717, 1.165) is 5.56 Å². The van der Waals surface area contributed by atoms with Crippen LogP contribution in [0, 0.1) is 12.7 Å². The van der Waals surface area contributed by atoms with Crippen molar-refractivity contribution in [1.82, 2.24) is 0 Å². The first kappa shape index (κ1) is 7.16. The van der Waals surface area contributed by atoms with Crippen LogP contribution in [0.4, 0.5) is 10.3 Å². The summed E-state index contributed by atoms with van der Waals surface area (Å²) < 4.78 is 18.2. The largest absolute Gasteiger partial charge is 0.438 e. The SMILES string of the molecule is Cc1cccc2oc(N)c(F)c12. The Hall–Kier alpha value is -1.51. The molecule has 1 aromatic heterocycles. The molecule has 0 fully saturated rings. The van der Waals surface area contributed by atoms with Crippen molar-refractivity contribution in [2.45, 2.75) is 6.92 Å². The van der Waals surface area contributed by atoms with Crippen LogP contribution >= 0.6 is 0 Å². The lowest BCUT2D eigenvalue weighted by Crippen LogP contribution is -1.83. The summed E-state index contributed by atoms with van der Waals surface area (Å²) in [4.78, 5) is 0. The molecule has 0 unspecified atom stereocenters. The minimum atomic E-state index is -0.455. The number of aryl methyl sites for hydroxylation is 1. The topological polar surface area (TPSA) is 39.2 Å². The molecular weight excluding hydrogens is 157 g/mol. The number of anilines is 1. The lowest BCUT2D eigenvalue weighted by Gasteiger charge is -1.91.